The highest BCUT2D eigenvalue weighted by Gasteiger charge is 2.23. The fourth-order valence-corrected chi connectivity index (χ4v) is 3.96. The average Bonchev–Trinajstić information content (AvgIpc) is 3.10. The third-order valence-electron chi connectivity index (χ3n) is 5.69. The number of halogens is 2. The topological polar surface area (TPSA) is 83.2 Å². The monoisotopic (exact) mass is 451 g/mol. The minimum atomic E-state index is -0.718. The van der Waals surface area contributed by atoms with Crippen LogP contribution in [0.4, 0.5) is 14.7 Å². The van der Waals surface area contributed by atoms with Gasteiger partial charge >= 0.3 is 0 Å². The Morgan fingerprint density at radius 2 is 1.85 bits per heavy atom. The van der Waals surface area contributed by atoms with Crippen molar-refractivity contribution in [2.24, 2.45) is 7.05 Å². The molecule has 7 nitrogen and oxygen atoms in total. The van der Waals surface area contributed by atoms with Crippen molar-refractivity contribution < 1.29 is 13.5 Å². The summed E-state index contributed by atoms with van der Waals surface area (Å²) in [4.78, 5) is 20.3. The Kier molecular flexibility index (Phi) is 6.38. The molecule has 3 aromatic rings. The first-order valence-corrected chi connectivity index (χ1v) is 10.5. The van der Waals surface area contributed by atoms with Crippen molar-refractivity contribution in [3.05, 3.63) is 63.9 Å². The van der Waals surface area contributed by atoms with E-state index in [1.165, 1.54) is 35.9 Å². The van der Waals surface area contributed by atoms with Gasteiger partial charge in [0.05, 0.1) is 23.9 Å². The Morgan fingerprint density at radius 3 is 2.55 bits per heavy atom. The molecule has 1 aromatic heterocycles. The van der Waals surface area contributed by atoms with E-state index in [-0.39, 0.29) is 28.1 Å². The van der Waals surface area contributed by atoms with Crippen LogP contribution in [0.2, 0.25) is 0 Å². The van der Waals surface area contributed by atoms with Gasteiger partial charge in [0.25, 0.3) is 5.56 Å². The van der Waals surface area contributed by atoms with E-state index in [1.807, 2.05) is 4.90 Å². The number of nitrogens with one attached hydrogen (secondary N) is 1. The molecule has 0 aliphatic carbocycles. The molecular formula is C24H23F2N5O2. The molecule has 2 aromatic carbocycles. The van der Waals surface area contributed by atoms with Gasteiger partial charge in [-0.2, -0.15) is 5.26 Å². The van der Waals surface area contributed by atoms with E-state index in [4.69, 9.17) is 15.0 Å². The Balaban J connectivity index is 1.98. The van der Waals surface area contributed by atoms with Crippen molar-refractivity contribution in [1.29, 1.82) is 5.26 Å². The molecule has 1 fully saturated rings. The summed E-state index contributed by atoms with van der Waals surface area (Å²) >= 11 is 0. The zero-order valence-electron chi connectivity index (χ0n) is 18.4. The lowest BCUT2D eigenvalue weighted by Gasteiger charge is -2.25. The zero-order chi connectivity index (χ0) is 23.5. The molecule has 170 valence electrons. The van der Waals surface area contributed by atoms with Crippen LogP contribution in [0, 0.1) is 23.0 Å². The number of benzene rings is 2. The number of hydrogen-bond acceptors (Lipinski definition) is 6. The molecule has 1 aliphatic rings. The third kappa shape index (κ3) is 4.30. The highest BCUT2D eigenvalue weighted by atomic mass is 19.1. The van der Waals surface area contributed by atoms with Gasteiger partial charge in [0.2, 0.25) is 5.95 Å². The predicted molar refractivity (Wildman–Crippen MR) is 121 cm³/mol. The average molecular weight is 451 g/mol. The molecule has 0 spiro atoms. The maximum atomic E-state index is 14.5. The van der Waals surface area contributed by atoms with Gasteiger partial charge in [-0.1, -0.05) is 12.1 Å². The van der Waals surface area contributed by atoms with E-state index in [1.54, 1.807) is 25.2 Å². The number of anilines is 1. The van der Waals surface area contributed by atoms with Gasteiger partial charge in [-0.25, -0.2) is 13.8 Å². The van der Waals surface area contributed by atoms with Gasteiger partial charge in [0, 0.05) is 32.2 Å². The summed E-state index contributed by atoms with van der Waals surface area (Å²) in [5, 5.41) is 12.4. The molecular weight excluding hydrogens is 428 g/mol. The molecule has 33 heavy (non-hydrogen) atoms. The number of aromatic nitrogens is 2. The lowest BCUT2D eigenvalue weighted by molar-refractivity contribution is 0.386. The zero-order valence-corrected chi connectivity index (χ0v) is 18.4. The lowest BCUT2D eigenvalue weighted by Crippen LogP contribution is -2.35. The summed E-state index contributed by atoms with van der Waals surface area (Å²) in [5.41, 5.74) is 0.480. The highest BCUT2D eigenvalue weighted by Crippen LogP contribution is 2.32. The van der Waals surface area contributed by atoms with Crippen LogP contribution in [0.15, 0.2) is 41.2 Å². The van der Waals surface area contributed by atoms with Crippen molar-refractivity contribution in [3.8, 4) is 34.2 Å². The Morgan fingerprint density at radius 1 is 1.09 bits per heavy atom. The molecule has 1 saturated heterocycles. The van der Waals surface area contributed by atoms with Crippen LogP contribution in [0.5, 0.6) is 5.75 Å². The second-order valence-electron chi connectivity index (χ2n) is 7.75. The van der Waals surface area contributed by atoms with Gasteiger partial charge in [-0.3, -0.25) is 9.36 Å². The molecule has 0 saturated carbocycles. The van der Waals surface area contributed by atoms with Crippen molar-refractivity contribution in [1.82, 2.24) is 14.9 Å². The van der Waals surface area contributed by atoms with Gasteiger partial charge in [0.1, 0.15) is 11.9 Å². The van der Waals surface area contributed by atoms with E-state index < -0.39 is 11.6 Å². The first-order chi connectivity index (χ1) is 15.9. The summed E-state index contributed by atoms with van der Waals surface area (Å²) < 4.78 is 35.4. The van der Waals surface area contributed by atoms with Gasteiger partial charge in [-0.15, -0.1) is 0 Å². The van der Waals surface area contributed by atoms with Crippen molar-refractivity contribution in [2.45, 2.75) is 6.42 Å². The van der Waals surface area contributed by atoms with Crippen LogP contribution in [0.3, 0.4) is 0 Å². The first kappa shape index (κ1) is 22.4. The third-order valence-corrected chi connectivity index (χ3v) is 5.69. The van der Waals surface area contributed by atoms with Crippen LogP contribution in [0.25, 0.3) is 22.4 Å². The molecule has 4 rings (SSSR count). The van der Waals surface area contributed by atoms with Gasteiger partial charge < -0.3 is 15.0 Å². The SMILES string of the molecule is COc1ccc(-c2c(-c3ccc(C#N)c(F)c3)nc(N3CCCNCC3)n(C)c2=O)cc1F. The van der Waals surface area contributed by atoms with E-state index in [2.05, 4.69) is 5.32 Å². The van der Waals surface area contributed by atoms with E-state index in [0.717, 1.165) is 19.5 Å². The highest BCUT2D eigenvalue weighted by molar-refractivity contribution is 5.81. The minimum absolute atomic E-state index is 0.0446. The van der Waals surface area contributed by atoms with E-state index in [0.29, 0.717) is 30.2 Å². The number of nitriles is 1. The molecule has 0 amide bonds. The van der Waals surface area contributed by atoms with E-state index in [9.17, 15) is 13.6 Å². The normalized spacial score (nSPS) is 14.0. The molecule has 0 radical (unpaired) electrons. The summed E-state index contributed by atoms with van der Waals surface area (Å²) in [6.07, 6.45) is 0.877. The molecule has 2 heterocycles. The summed E-state index contributed by atoms with van der Waals surface area (Å²) in [6, 6.07) is 10.1. The van der Waals surface area contributed by atoms with Gasteiger partial charge in [0.15, 0.2) is 11.6 Å². The smallest absolute Gasteiger partial charge is 0.263 e. The largest absolute Gasteiger partial charge is 0.494 e. The Labute approximate surface area is 189 Å². The van der Waals surface area contributed by atoms with Crippen LogP contribution in [0.1, 0.15) is 12.0 Å². The Hall–Kier alpha value is -3.77. The fourth-order valence-electron chi connectivity index (χ4n) is 3.96. The second-order valence-corrected chi connectivity index (χ2v) is 7.75. The molecule has 1 N–H and O–H groups in total. The minimum Gasteiger partial charge on any atom is -0.494 e. The quantitative estimate of drug-likeness (QED) is 0.657. The lowest BCUT2D eigenvalue weighted by atomic mass is 9.99. The molecule has 0 unspecified atom stereocenters. The summed E-state index contributed by atoms with van der Waals surface area (Å²) in [6.45, 7) is 2.95. The maximum Gasteiger partial charge on any atom is 0.263 e. The number of nitrogens with zero attached hydrogens (tertiary/aromatic N) is 4. The number of methoxy groups -OCH3 is 1. The number of rotatable bonds is 4. The molecule has 0 bridgehead atoms. The van der Waals surface area contributed by atoms with E-state index >= 15 is 0 Å². The summed E-state index contributed by atoms with van der Waals surface area (Å²) in [5.74, 6) is -0.856. The van der Waals surface area contributed by atoms with Crippen LogP contribution >= 0.6 is 0 Å². The maximum absolute atomic E-state index is 14.5. The van der Waals surface area contributed by atoms with Crippen molar-refractivity contribution in [2.75, 3.05) is 38.2 Å². The molecule has 9 heteroatoms. The van der Waals surface area contributed by atoms with Crippen LogP contribution in [-0.2, 0) is 7.05 Å². The van der Waals surface area contributed by atoms with Crippen LogP contribution < -0.4 is 20.5 Å². The number of ether oxygens (including phenoxy) is 1. The molecule has 1 aliphatic heterocycles. The number of hydrogen-bond donors (Lipinski definition) is 1. The standard InChI is InChI=1S/C24H23F2N5O2/c1-30-23(32)21(15-6-7-20(33-2)19(26)12-15)22(16-4-5-17(14-27)18(25)13-16)29-24(30)31-10-3-8-28-9-11-31/h4-7,12-13,28H,3,8-11H2,1-2H3. The van der Waals surface area contributed by atoms with Crippen LogP contribution in [-0.4, -0.2) is 42.8 Å². The summed E-state index contributed by atoms with van der Waals surface area (Å²) in [7, 11) is 2.98. The molecule has 0 atom stereocenters. The Bertz CT molecular complexity index is 1290. The van der Waals surface area contributed by atoms with Gasteiger partial charge in [-0.05, 0) is 42.8 Å². The fraction of sp³-hybridized carbons (Fsp3) is 0.292. The van der Waals surface area contributed by atoms with Crippen molar-refractivity contribution >= 4 is 5.95 Å². The second kappa shape index (κ2) is 9.38. The predicted octanol–water partition coefficient (Wildman–Crippen LogP) is 3.07. The first-order valence-electron chi connectivity index (χ1n) is 10.5. The van der Waals surface area contributed by atoms with Crippen molar-refractivity contribution in [3.63, 3.8) is 0 Å².